The monoisotopic (exact) mass is 944 g/mol. The lowest BCUT2D eigenvalue weighted by Crippen LogP contribution is -2.61. The Morgan fingerprint density at radius 3 is 2.31 bits per heavy atom. The molecule has 3 aliphatic rings. The van der Waals surface area contributed by atoms with E-state index in [4.69, 9.17) is 44.8 Å². The van der Waals surface area contributed by atoms with Gasteiger partial charge in [-0.25, -0.2) is 0 Å². The number of nitrogens with one attached hydrogen (secondary N) is 1. The third-order valence-corrected chi connectivity index (χ3v) is 14.4. The second-order valence-corrected chi connectivity index (χ2v) is 20.6. The zero-order chi connectivity index (χ0) is 48.8. The first-order chi connectivity index (χ1) is 30.3. The molecule has 0 spiro atoms. The Morgan fingerprint density at radius 1 is 1.02 bits per heavy atom. The first-order valence-electron chi connectivity index (χ1n) is 23.5. The highest BCUT2D eigenvalue weighted by Gasteiger charge is 2.53. The number of cyclic esters (lactones) is 1. The largest absolute Gasteiger partial charge is 0.459 e. The second-order valence-electron chi connectivity index (χ2n) is 20.2. The van der Waals surface area contributed by atoms with Crippen molar-refractivity contribution >= 4 is 23.5 Å². The SMILES string of the molecule is CC[C@H]1OC(=O)[C@H](C)[C@@H](O[C@H]2C[C@@](C)(OC)[C@@H](O)[C@H](C)O2)[C@H](C)[C@@H](O[C@@H]2O[C@H](C)C[C@H](N(C)C)[C@H]2O)[C@](C)(O)C[C@@H](C)CN(C)[C@@H](C)[C@@H](OC(=O)CCNCc2cccc(Cl)c2)[C@]1(C)O. The molecule has 5 N–H and O–H groups in total. The minimum atomic E-state index is -1.88. The highest BCUT2D eigenvalue weighted by molar-refractivity contribution is 6.30. The van der Waals surface area contributed by atoms with Crippen LogP contribution in [0.2, 0.25) is 5.02 Å². The van der Waals surface area contributed by atoms with E-state index in [1.54, 1.807) is 40.7 Å². The lowest BCUT2D eigenvalue weighted by molar-refractivity contribution is -0.318. The van der Waals surface area contributed by atoms with Crippen molar-refractivity contribution in [1.29, 1.82) is 0 Å². The van der Waals surface area contributed by atoms with Gasteiger partial charge < -0.3 is 63.8 Å². The molecule has 0 unspecified atom stereocenters. The number of hydrogen-bond donors (Lipinski definition) is 5. The quantitative estimate of drug-likeness (QED) is 0.139. The summed E-state index contributed by atoms with van der Waals surface area (Å²) in [5.74, 6) is -3.36. The number of aliphatic hydroxyl groups is 4. The molecule has 65 heavy (non-hydrogen) atoms. The van der Waals surface area contributed by atoms with E-state index in [0.717, 1.165) is 5.56 Å². The molecule has 17 heteroatoms. The van der Waals surface area contributed by atoms with E-state index in [1.165, 1.54) is 14.0 Å². The van der Waals surface area contributed by atoms with Gasteiger partial charge in [0.15, 0.2) is 12.6 Å². The zero-order valence-electron chi connectivity index (χ0n) is 41.4. The fraction of sp³-hybridized carbons (Fsp3) is 0.833. The predicted octanol–water partition coefficient (Wildman–Crippen LogP) is 4.28. The number of ether oxygens (including phenoxy) is 7. The Kier molecular flexibility index (Phi) is 20.1. The van der Waals surface area contributed by atoms with Gasteiger partial charge in [0.2, 0.25) is 0 Å². The maximum atomic E-state index is 14.7. The molecule has 374 valence electrons. The fourth-order valence-corrected chi connectivity index (χ4v) is 10.4. The molecule has 3 fully saturated rings. The number of methoxy groups -OCH3 is 1. The molecule has 1 aromatic rings. The van der Waals surface area contributed by atoms with Crippen LogP contribution in [0, 0.1) is 17.8 Å². The topological polar surface area (TPSA) is 198 Å². The number of halogens is 1. The van der Waals surface area contributed by atoms with Crippen LogP contribution in [0.25, 0.3) is 0 Å². The molecule has 1 aromatic carbocycles. The van der Waals surface area contributed by atoms with Crippen molar-refractivity contribution in [3.63, 3.8) is 0 Å². The minimum Gasteiger partial charge on any atom is -0.459 e. The Morgan fingerprint density at radius 2 is 1.69 bits per heavy atom. The van der Waals surface area contributed by atoms with E-state index in [1.807, 2.05) is 76.8 Å². The number of benzene rings is 1. The van der Waals surface area contributed by atoms with Gasteiger partial charge in [-0.3, -0.25) is 14.5 Å². The van der Waals surface area contributed by atoms with Crippen molar-refractivity contribution in [2.24, 2.45) is 17.8 Å². The molecular weight excluding hydrogens is 862 g/mol. The van der Waals surface area contributed by atoms with Gasteiger partial charge in [0.05, 0.1) is 48.0 Å². The maximum Gasteiger partial charge on any atom is 0.311 e. The van der Waals surface area contributed by atoms with Gasteiger partial charge in [0.1, 0.15) is 30.0 Å². The first kappa shape index (κ1) is 55.6. The van der Waals surface area contributed by atoms with Crippen molar-refractivity contribution in [3.05, 3.63) is 34.9 Å². The Balaban J connectivity index is 1.75. The summed E-state index contributed by atoms with van der Waals surface area (Å²) in [4.78, 5) is 32.2. The maximum absolute atomic E-state index is 14.7. The van der Waals surface area contributed by atoms with Gasteiger partial charge in [-0.05, 0) is 112 Å². The van der Waals surface area contributed by atoms with Crippen LogP contribution in [0.4, 0.5) is 0 Å². The van der Waals surface area contributed by atoms with Gasteiger partial charge in [-0.2, -0.15) is 0 Å². The normalized spacial score (nSPS) is 41.9. The van der Waals surface area contributed by atoms with Crippen molar-refractivity contribution < 1.29 is 63.2 Å². The van der Waals surface area contributed by atoms with E-state index in [2.05, 4.69) is 5.32 Å². The zero-order valence-corrected chi connectivity index (χ0v) is 42.1. The summed E-state index contributed by atoms with van der Waals surface area (Å²) in [6, 6.07) is 6.53. The number of nitrogens with zero attached hydrogens (tertiary/aromatic N) is 2. The van der Waals surface area contributed by atoms with Gasteiger partial charge in [0, 0.05) is 56.2 Å². The number of carbonyl (C=O) groups is 2. The molecule has 3 saturated heterocycles. The van der Waals surface area contributed by atoms with Crippen LogP contribution >= 0.6 is 11.6 Å². The van der Waals surface area contributed by atoms with E-state index in [0.29, 0.717) is 31.1 Å². The molecule has 0 bridgehead atoms. The molecule has 0 amide bonds. The third kappa shape index (κ3) is 14.0. The molecule has 0 radical (unpaired) electrons. The lowest BCUT2D eigenvalue weighted by atomic mass is 9.77. The number of carbonyl (C=O) groups excluding carboxylic acids is 2. The van der Waals surface area contributed by atoms with Crippen molar-refractivity contribution in [2.45, 2.75) is 198 Å². The fourth-order valence-electron chi connectivity index (χ4n) is 10.2. The van der Waals surface area contributed by atoms with Crippen molar-refractivity contribution in [1.82, 2.24) is 15.1 Å². The third-order valence-electron chi connectivity index (χ3n) is 14.1. The summed E-state index contributed by atoms with van der Waals surface area (Å²) in [5.41, 5.74) is -3.60. The van der Waals surface area contributed by atoms with Crippen LogP contribution in [-0.2, 0) is 49.3 Å². The molecule has 0 aliphatic carbocycles. The summed E-state index contributed by atoms with van der Waals surface area (Å²) in [5, 5.41) is 51.9. The number of esters is 2. The standard InChI is InChI=1S/C48H82ClN3O13/c1-15-36-48(10,58)43(63-37(53)19-20-50-25-33-17-16-18-34(49)22-33)31(6)52(13)26-27(2)23-46(8,57)42(65-45-39(54)35(51(11)12)21-28(3)60-45)29(4)40(30(5)44(56)62-36)64-38-24-47(9,59-14)41(55)32(7)61-38/h16-18,22,27-32,35-36,38-43,45,50,54-55,57-58H,15,19-21,23-26H2,1-14H3/t27-,28-,29+,30-,31+,32+,35+,36-,38+,39-,40+,41+,42-,43-,45+,46-,47-,48-/m1/s1. The van der Waals surface area contributed by atoms with Crippen LogP contribution in [0.1, 0.15) is 107 Å². The van der Waals surface area contributed by atoms with Crippen LogP contribution in [0.15, 0.2) is 24.3 Å². The summed E-state index contributed by atoms with van der Waals surface area (Å²) < 4.78 is 44.3. The Bertz CT molecular complexity index is 1670. The van der Waals surface area contributed by atoms with E-state index >= 15 is 0 Å². The molecule has 4 rings (SSSR count). The average molecular weight is 945 g/mol. The summed E-state index contributed by atoms with van der Waals surface area (Å²) >= 11 is 6.15. The number of likely N-dealkylation sites (N-methyl/N-ethyl adjacent to an activating group) is 2. The summed E-state index contributed by atoms with van der Waals surface area (Å²) in [6.45, 7) is 18.8. The molecule has 0 saturated carbocycles. The van der Waals surface area contributed by atoms with Gasteiger partial charge in [0.25, 0.3) is 0 Å². The predicted molar refractivity (Wildman–Crippen MR) is 246 cm³/mol. The first-order valence-corrected chi connectivity index (χ1v) is 23.8. The van der Waals surface area contributed by atoms with Crippen molar-refractivity contribution in [3.8, 4) is 0 Å². The van der Waals surface area contributed by atoms with Crippen LogP contribution in [0.5, 0.6) is 0 Å². The van der Waals surface area contributed by atoms with Crippen LogP contribution in [-0.4, -0.2) is 174 Å². The molecule has 18 atom stereocenters. The minimum absolute atomic E-state index is 0.00321. The molecule has 0 aromatic heterocycles. The van der Waals surface area contributed by atoms with E-state index in [-0.39, 0.29) is 43.7 Å². The van der Waals surface area contributed by atoms with E-state index < -0.39 is 102 Å². The molecular formula is C48H82ClN3O13. The smallest absolute Gasteiger partial charge is 0.311 e. The van der Waals surface area contributed by atoms with E-state index in [9.17, 15) is 30.0 Å². The number of rotatable bonds is 13. The van der Waals surface area contributed by atoms with Crippen LogP contribution in [0.3, 0.4) is 0 Å². The van der Waals surface area contributed by atoms with Gasteiger partial charge in [-0.15, -0.1) is 0 Å². The number of aliphatic hydroxyl groups excluding tert-OH is 2. The molecule has 3 heterocycles. The Labute approximate surface area is 392 Å². The van der Waals surface area contributed by atoms with Crippen LogP contribution < -0.4 is 5.32 Å². The Hall–Kier alpha value is -2.03. The highest BCUT2D eigenvalue weighted by Crippen LogP contribution is 2.40. The molecule has 16 nitrogen and oxygen atoms in total. The summed E-state index contributed by atoms with van der Waals surface area (Å²) in [7, 11) is 7.12. The highest BCUT2D eigenvalue weighted by atomic mass is 35.5. The lowest BCUT2D eigenvalue weighted by Gasteiger charge is -2.48. The summed E-state index contributed by atoms with van der Waals surface area (Å²) in [6.07, 6.45) is -8.64. The van der Waals surface area contributed by atoms with Gasteiger partial charge >= 0.3 is 11.9 Å². The molecule has 3 aliphatic heterocycles. The second kappa shape index (κ2) is 23.5. The van der Waals surface area contributed by atoms with Crippen molar-refractivity contribution in [2.75, 3.05) is 41.3 Å². The average Bonchev–Trinajstić information content (AvgIpc) is 3.22. The number of hydrogen-bond acceptors (Lipinski definition) is 16. The van der Waals surface area contributed by atoms with Gasteiger partial charge in [-0.1, -0.05) is 44.5 Å².